The van der Waals surface area contributed by atoms with E-state index in [2.05, 4.69) is 14.9 Å². The second-order valence-electron chi connectivity index (χ2n) is 5.39. The predicted octanol–water partition coefficient (Wildman–Crippen LogP) is 3.08. The molecular weight excluding hydrogens is 253 g/mol. The summed E-state index contributed by atoms with van der Waals surface area (Å²) < 4.78 is 15.1. The summed E-state index contributed by atoms with van der Waals surface area (Å²) >= 11 is 0. The predicted molar refractivity (Wildman–Crippen MR) is 76.9 cm³/mol. The fourth-order valence-corrected chi connectivity index (χ4v) is 2.81. The van der Waals surface area contributed by atoms with Gasteiger partial charge in [0, 0.05) is 18.8 Å². The van der Waals surface area contributed by atoms with E-state index in [-0.39, 0.29) is 5.82 Å². The average Bonchev–Trinajstić information content (AvgIpc) is 2.96. The molecule has 2 aromatic rings. The van der Waals surface area contributed by atoms with Gasteiger partial charge < -0.3 is 9.88 Å². The number of rotatable bonds is 4. The lowest BCUT2D eigenvalue weighted by atomic mass is 10.0. The summed E-state index contributed by atoms with van der Waals surface area (Å²) in [6.45, 7) is 1.98. The Hall–Kier alpha value is -1.68. The first-order valence-corrected chi connectivity index (χ1v) is 7.31. The third-order valence-corrected chi connectivity index (χ3v) is 3.97. The summed E-state index contributed by atoms with van der Waals surface area (Å²) in [5, 5.41) is 3.56. The van der Waals surface area contributed by atoms with Crippen molar-refractivity contribution in [2.45, 2.75) is 38.3 Å². The van der Waals surface area contributed by atoms with Crippen LogP contribution in [0.25, 0.3) is 0 Å². The van der Waals surface area contributed by atoms with E-state index in [0.717, 1.165) is 25.1 Å². The quantitative estimate of drug-likeness (QED) is 0.927. The Bertz CT molecular complexity index is 541. The zero-order chi connectivity index (χ0) is 13.8. The molecule has 1 aromatic heterocycles. The Morgan fingerprint density at radius 3 is 2.85 bits per heavy atom. The van der Waals surface area contributed by atoms with Gasteiger partial charge >= 0.3 is 0 Å². The lowest BCUT2D eigenvalue weighted by molar-refractivity contribution is 0.393. The van der Waals surface area contributed by atoms with Crippen LogP contribution in [0.2, 0.25) is 0 Å². The topological polar surface area (TPSA) is 29.9 Å². The average molecular weight is 273 g/mol. The van der Waals surface area contributed by atoms with E-state index in [1.54, 1.807) is 0 Å². The van der Waals surface area contributed by atoms with Crippen molar-refractivity contribution in [3.05, 3.63) is 53.9 Å². The number of nitrogens with zero attached hydrogens (tertiary/aromatic N) is 2. The van der Waals surface area contributed by atoms with Gasteiger partial charge in [-0.2, -0.15) is 0 Å². The second kappa shape index (κ2) is 6.18. The maximum absolute atomic E-state index is 12.9. The van der Waals surface area contributed by atoms with E-state index in [0.29, 0.717) is 6.04 Å². The molecule has 1 fully saturated rings. The molecule has 3 nitrogen and oxygen atoms in total. The molecule has 0 saturated carbocycles. The van der Waals surface area contributed by atoms with Crippen molar-refractivity contribution in [2.24, 2.45) is 0 Å². The van der Waals surface area contributed by atoms with Crippen LogP contribution in [0.15, 0.2) is 36.8 Å². The Morgan fingerprint density at radius 2 is 2.10 bits per heavy atom. The normalized spacial score (nSPS) is 19.1. The molecule has 20 heavy (non-hydrogen) atoms. The molecule has 0 amide bonds. The van der Waals surface area contributed by atoms with E-state index >= 15 is 0 Å². The van der Waals surface area contributed by atoms with Crippen molar-refractivity contribution < 1.29 is 4.39 Å². The van der Waals surface area contributed by atoms with Crippen molar-refractivity contribution in [1.29, 1.82) is 0 Å². The minimum absolute atomic E-state index is 0.177. The second-order valence-corrected chi connectivity index (χ2v) is 5.39. The van der Waals surface area contributed by atoms with E-state index in [9.17, 15) is 4.39 Å². The van der Waals surface area contributed by atoms with Crippen molar-refractivity contribution in [3.63, 3.8) is 0 Å². The highest BCUT2D eigenvalue weighted by molar-refractivity contribution is 5.16. The zero-order valence-electron chi connectivity index (χ0n) is 11.6. The van der Waals surface area contributed by atoms with Crippen LogP contribution in [-0.2, 0) is 13.0 Å². The van der Waals surface area contributed by atoms with E-state index in [4.69, 9.17) is 0 Å². The summed E-state index contributed by atoms with van der Waals surface area (Å²) in [6, 6.07) is 7.18. The van der Waals surface area contributed by atoms with Crippen LogP contribution < -0.4 is 5.32 Å². The molecule has 0 bridgehead atoms. The number of aromatic nitrogens is 2. The lowest BCUT2D eigenvalue weighted by Crippen LogP contribution is -2.28. The van der Waals surface area contributed by atoms with Crippen LogP contribution >= 0.6 is 0 Å². The number of aryl methyl sites for hydroxylation is 2. The molecule has 1 unspecified atom stereocenters. The van der Waals surface area contributed by atoms with E-state index in [1.165, 1.54) is 37.1 Å². The fourth-order valence-electron chi connectivity index (χ4n) is 2.81. The Labute approximate surface area is 118 Å². The number of piperidine rings is 1. The number of hydrogen-bond acceptors (Lipinski definition) is 2. The first-order chi connectivity index (χ1) is 9.83. The van der Waals surface area contributed by atoms with Gasteiger partial charge in [-0.15, -0.1) is 0 Å². The maximum Gasteiger partial charge on any atom is 0.123 e. The third kappa shape index (κ3) is 3.07. The van der Waals surface area contributed by atoms with E-state index < -0.39 is 0 Å². The molecule has 106 valence electrons. The molecule has 1 atom stereocenters. The Morgan fingerprint density at radius 1 is 1.25 bits per heavy atom. The molecule has 0 spiro atoms. The molecule has 1 aliphatic heterocycles. The van der Waals surface area contributed by atoms with Gasteiger partial charge in [-0.3, -0.25) is 0 Å². The number of benzene rings is 1. The maximum atomic E-state index is 12.9. The minimum Gasteiger partial charge on any atom is -0.333 e. The van der Waals surface area contributed by atoms with Gasteiger partial charge in [-0.05, 0) is 43.5 Å². The van der Waals surface area contributed by atoms with Gasteiger partial charge in [0.25, 0.3) is 0 Å². The van der Waals surface area contributed by atoms with Crippen LogP contribution in [0, 0.1) is 5.82 Å². The monoisotopic (exact) mass is 273 g/mol. The Balaban J connectivity index is 1.65. The van der Waals surface area contributed by atoms with Gasteiger partial charge in [0.2, 0.25) is 0 Å². The summed E-state index contributed by atoms with van der Waals surface area (Å²) in [4.78, 5) is 4.29. The highest BCUT2D eigenvalue weighted by atomic mass is 19.1. The molecule has 0 radical (unpaired) electrons. The number of halogens is 1. The molecule has 1 aromatic carbocycles. The van der Waals surface area contributed by atoms with Crippen LogP contribution in [0.4, 0.5) is 4.39 Å². The number of hydrogen-bond donors (Lipinski definition) is 1. The third-order valence-electron chi connectivity index (χ3n) is 3.97. The van der Waals surface area contributed by atoms with Crippen LogP contribution in [0.3, 0.4) is 0 Å². The zero-order valence-corrected chi connectivity index (χ0v) is 11.6. The molecule has 3 rings (SSSR count). The summed E-state index contributed by atoms with van der Waals surface area (Å²) in [5.41, 5.74) is 2.43. The van der Waals surface area contributed by atoms with Crippen LogP contribution in [-0.4, -0.2) is 16.1 Å². The van der Waals surface area contributed by atoms with Gasteiger partial charge in [-0.25, -0.2) is 9.37 Å². The van der Waals surface area contributed by atoms with Gasteiger partial charge in [-0.1, -0.05) is 18.6 Å². The molecule has 2 heterocycles. The fraction of sp³-hybridized carbons (Fsp3) is 0.438. The SMILES string of the molecule is Fc1ccc(CCn2cncc2C2CCCCN2)cc1. The van der Waals surface area contributed by atoms with Crippen molar-refractivity contribution >= 4 is 0 Å². The molecule has 1 aliphatic rings. The molecule has 1 saturated heterocycles. The van der Waals surface area contributed by atoms with Crippen LogP contribution in [0.5, 0.6) is 0 Å². The molecule has 0 aliphatic carbocycles. The van der Waals surface area contributed by atoms with Crippen molar-refractivity contribution in [1.82, 2.24) is 14.9 Å². The van der Waals surface area contributed by atoms with Gasteiger partial charge in [0.05, 0.1) is 12.0 Å². The highest BCUT2D eigenvalue weighted by Crippen LogP contribution is 2.22. The smallest absolute Gasteiger partial charge is 0.123 e. The summed E-state index contributed by atoms with van der Waals surface area (Å²) in [6.07, 6.45) is 8.49. The minimum atomic E-state index is -0.177. The number of nitrogens with one attached hydrogen (secondary N) is 1. The first-order valence-electron chi connectivity index (χ1n) is 7.31. The van der Waals surface area contributed by atoms with Gasteiger partial charge in [0.15, 0.2) is 0 Å². The van der Waals surface area contributed by atoms with Crippen LogP contribution in [0.1, 0.15) is 36.6 Å². The van der Waals surface area contributed by atoms with Gasteiger partial charge in [0.1, 0.15) is 5.82 Å². The highest BCUT2D eigenvalue weighted by Gasteiger charge is 2.18. The Kier molecular flexibility index (Phi) is 4.11. The molecule has 1 N–H and O–H groups in total. The lowest BCUT2D eigenvalue weighted by Gasteiger charge is -2.24. The summed E-state index contributed by atoms with van der Waals surface area (Å²) in [7, 11) is 0. The van der Waals surface area contributed by atoms with Crippen molar-refractivity contribution in [3.8, 4) is 0 Å². The molecule has 4 heteroatoms. The summed E-state index contributed by atoms with van der Waals surface area (Å²) in [5.74, 6) is -0.177. The van der Waals surface area contributed by atoms with E-state index in [1.807, 2.05) is 24.7 Å². The number of imidazole rings is 1. The standard InChI is InChI=1S/C16H20FN3/c17-14-6-4-13(5-7-14)8-10-20-12-18-11-16(20)15-3-1-2-9-19-15/h4-7,11-12,15,19H,1-3,8-10H2. The van der Waals surface area contributed by atoms with Crippen molar-refractivity contribution in [2.75, 3.05) is 6.54 Å². The molecular formula is C16H20FN3. The largest absolute Gasteiger partial charge is 0.333 e. The first kappa shape index (κ1) is 13.3.